The highest BCUT2D eigenvalue weighted by Crippen LogP contribution is 2.39. The number of methoxy groups -OCH3 is 1. The van der Waals surface area contributed by atoms with Crippen molar-refractivity contribution in [1.82, 2.24) is 0 Å². The summed E-state index contributed by atoms with van der Waals surface area (Å²) >= 11 is 0. The Morgan fingerprint density at radius 1 is 1.06 bits per heavy atom. The molecule has 48 heavy (non-hydrogen) atoms. The van der Waals surface area contributed by atoms with Crippen LogP contribution in [0.25, 0.3) is 6.08 Å². The molecule has 0 spiro atoms. The van der Waals surface area contributed by atoms with Gasteiger partial charge >= 0.3 is 5.97 Å². The van der Waals surface area contributed by atoms with E-state index in [-0.39, 0.29) is 29.8 Å². The van der Waals surface area contributed by atoms with Crippen molar-refractivity contribution >= 4 is 31.4 Å². The number of allylic oxidation sites excluding steroid dienone is 1. The van der Waals surface area contributed by atoms with Gasteiger partial charge in [-0.05, 0) is 74.4 Å². The lowest BCUT2D eigenvalue weighted by Gasteiger charge is -2.33. The Morgan fingerprint density at radius 2 is 1.75 bits per heavy atom. The molecule has 2 aliphatic heterocycles. The summed E-state index contributed by atoms with van der Waals surface area (Å²) in [5.74, 6) is -2.03. The zero-order valence-corrected chi connectivity index (χ0v) is 29.8. The number of carbonyl (C=O) groups excluding carboxylic acids is 2. The summed E-state index contributed by atoms with van der Waals surface area (Å²) in [6, 6.07) is 10.9. The highest BCUT2D eigenvalue weighted by molar-refractivity contribution is 6.60. The minimum Gasteiger partial charge on any atom is -0.497 e. The maximum atomic E-state index is 16.1. The molecule has 1 amide bonds. The van der Waals surface area contributed by atoms with E-state index in [1.54, 1.807) is 64.0 Å². The van der Waals surface area contributed by atoms with Gasteiger partial charge in [0.15, 0.2) is 11.6 Å². The molecule has 2 heterocycles. The summed E-state index contributed by atoms with van der Waals surface area (Å²) in [6.07, 6.45) is 3.13. The normalized spacial score (nSPS) is 21.4. The number of cyclic esters (lactones) is 1. The molecular formula is C37H49BFNO8. The Morgan fingerprint density at radius 3 is 2.35 bits per heavy atom. The molecule has 2 aromatic carbocycles. The second-order valence-corrected chi connectivity index (χ2v) is 13.6. The third kappa shape index (κ3) is 9.06. The molecule has 0 saturated carbocycles. The van der Waals surface area contributed by atoms with Crippen molar-refractivity contribution < 1.29 is 42.4 Å². The van der Waals surface area contributed by atoms with Crippen LogP contribution in [0.4, 0.5) is 14.9 Å². The highest BCUT2D eigenvalue weighted by atomic mass is 19.1. The summed E-state index contributed by atoms with van der Waals surface area (Å²) in [4.78, 5) is 27.2. The van der Waals surface area contributed by atoms with Crippen LogP contribution in [0.5, 0.6) is 11.5 Å². The second-order valence-electron chi connectivity index (χ2n) is 13.6. The van der Waals surface area contributed by atoms with Crippen LogP contribution < -0.4 is 14.4 Å². The fourth-order valence-electron chi connectivity index (χ4n) is 5.76. The van der Waals surface area contributed by atoms with Crippen molar-refractivity contribution in [1.29, 1.82) is 0 Å². The molecule has 0 radical (unpaired) electrons. The lowest BCUT2D eigenvalue weighted by molar-refractivity contribution is -0.158. The number of anilines is 1. The molecule has 2 aliphatic rings. The van der Waals surface area contributed by atoms with Crippen molar-refractivity contribution in [2.75, 3.05) is 18.6 Å². The van der Waals surface area contributed by atoms with Crippen LogP contribution in [-0.4, -0.2) is 63.2 Å². The van der Waals surface area contributed by atoms with Crippen LogP contribution in [-0.2, 0) is 25.6 Å². The average molecular weight is 666 g/mol. The summed E-state index contributed by atoms with van der Waals surface area (Å²) in [5.41, 5.74) is 2.22. The van der Waals surface area contributed by atoms with Crippen molar-refractivity contribution in [3.8, 4) is 11.5 Å². The zero-order valence-electron chi connectivity index (χ0n) is 29.8. The third-order valence-electron chi connectivity index (χ3n) is 8.54. The quantitative estimate of drug-likeness (QED) is 0.164. The monoisotopic (exact) mass is 665 g/mol. The number of amides is 1. The van der Waals surface area contributed by atoms with Gasteiger partial charge in [-0.3, -0.25) is 4.79 Å². The number of ether oxygens (including phenoxy) is 6. The minimum atomic E-state index is -1.17. The van der Waals surface area contributed by atoms with Gasteiger partial charge in [-0.15, -0.1) is 0 Å². The van der Waals surface area contributed by atoms with E-state index in [1.807, 2.05) is 58.0 Å². The standard InChI is InChI=1S/C37H49BFNO8/c1-10-40(35(38)42)26-19-25(31-30(20-26)46-37(7,8)48-34(31)41)12-11-13-29-33(47-36(5,6)45-29)32(28(39)18-23(4)22(2)3)44-21-24-14-16-27(43-9)17-15-24/h11-12,14-20,22-23,29,32-33H,10,13,21,38H2,1-9H3/b12-11+,28-18+/t23-,29+,32-,33+/m1/s1. The summed E-state index contributed by atoms with van der Waals surface area (Å²) in [5, 5.41) is 0. The Kier molecular flexibility index (Phi) is 11.8. The molecule has 0 aromatic heterocycles. The maximum absolute atomic E-state index is 16.1. The number of hydrogen-bond donors (Lipinski definition) is 0. The Labute approximate surface area is 284 Å². The van der Waals surface area contributed by atoms with Crippen molar-refractivity contribution in [3.05, 3.63) is 71.1 Å². The smallest absolute Gasteiger partial charge is 0.345 e. The summed E-state index contributed by atoms with van der Waals surface area (Å²) in [7, 11) is 3.09. The number of benzene rings is 2. The van der Waals surface area contributed by atoms with E-state index in [2.05, 4.69) is 0 Å². The topological polar surface area (TPSA) is 92.8 Å². The Balaban J connectivity index is 1.66. The molecule has 0 bridgehead atoms. The molecule has 9 nitrogen and oxygen atoms in total. The molecule has 1 saturated heterocycles. The SMILES string of the molecule is BC(=O)N(CC)c1cc(/C=C/C[C@@H]2OC(C)(C)O[C@@H]2[C@H](OCc2ccc(OC)cc2)/C(F)=C\[C@@H](C)C(C)C)c2c(c1)OC(C)(C)OC2=O. The zero-order chi connectivity index (χ0) is 35.4. The number of rotatable bonds is 13. The van der Waals surface area contributed by atoms with Gasteiger partial charge < -0.3 is 33.3 Å². The Hall–Kier alpha value is -3.67. The predicted molar refractivity (Wildman–Crippen MR) is 186 cm³/mol. The first-order valence-corrected chi connectivity index (χ1v) is 16.6. The number of esters is 1. The van der Waals surface area contributed by atoms with E-state index in [0.29, 0.717) is 35.7 Å². The fourth-order valence-corrected chi connectivity index (χ4v) is 5.76. The van der Waals surface area contributed by atoms with Crippen LogP contribution in [0.1, 0.15) is 83.3 Å². The van der Waals surface area contributed by atoms with Gasteiger partial charge in [0.2, 0.25) is 13.6 Å². The second kappa shape index (κ2) is 15.3. The minimum absolute atomic E-state index is 0.0335. The molecule has 4 atom stereocenters. The van der Waals surface area contributed by atoms with Gasteiger partial charge in [0.05, 0.1) is 19.8 Å². The number of carbonyl (C=O) groups is 2. The largest absolute Gasteiger partial charge is 0.497 e. The number of nitrogens with zero attached hydrogens (tertiary/aromatic N) is 1. The molecule has 0 unspecified atom stereocenters. The van der Waals surface area contributed by atoms with E-state index in [9.17, 15) is 9.59 Å². The number of fused-ring (bicyclic) bond motifs is 1. The first kappa shape index (κ1) is 37.2. The molecule has 4 rings (SSSR count). The summed E-state index contributed by atoms with van der Waals surface area (Å²) < 4.78 is 51.8. The van der Waals surface area contributed by atoms with Gasteiger partial charge in [-0.2, -0.15) is 0 Å². The molecule has 0 N–H and O–H groups in total. The molecule has 2 aromatic rings. The number of hydrogen-bond acceptors (Lipinski definition) is 8. The van der Waals surface area contributed by atoms with Crippen LogP contribution >= 0.6 is 0 Å². The van der Waals surface area contributed by atoms with Crippen molar-refractivity contribution in [2.45, 2.75) is 98.3 Å². The van der Waals surface area contributed by atoms with Crippen LogP contribution in [0.3, 0.4) is 0 Å². The van der Waals surface area contributed by atoms with Crippen molar-refractivity contribution in [3.63, 3.8) is 0 Å². The van der Waals surface area contributed by atoms with E-state index < -0.39 is 41.7 Å². The lowest BCUT2D eigenvalue weighted by atomic mass is 9.95. The first-order chi connectivity index (χ1) is 22.5. The molecule has 1 fully saturated rings. The fraction of sp³-hybridized carbons (Fsp3) is 0.514. The van der Waals surface area contributed by atoms with Gasteiger partial charge in [0.25, 0.3) is 0 Å². The van der Waals surface area contributed by atoms with Crippen molar-refractivity contribution in [2.24, 2.45) is 11.8 Å². The first-order valence-electron chi connectivity index (χ1n) is 16.6. The molecule has 260 valence electrons. The summed E-state index contributed by atoms with van der Waals surface area (Å²) in [6.45, 7) is 15.4. The molecular weight excluding hydrogens is 616 g/mol. The van der Waals surface area contributed by atoms with E-state index >= 15 is 4.39 Å². The Bertz CT molecular complexity index is 1520. The number of halogens is 1. The molecule has 0 aliphatic carbocycles. The van der Waals surface area contributed by atoms with Gasteiger partial charge in [0.1, 0.15) is 35.1 Å². The van der Waals surface area contributed by atoms with Gasteiger partial charge in [0, 0.05) is 32.1 Å². The predicted octanol–water partition coefficient (Wildman–Crippen LogP) is 7.21. The van der Waals surface area contributed by atoms with E-state index in [1.165, 1.54) is 7.85 Å². The maximum Gasteiger partial charge on any atom is 0.345 e. The van der Waals surface area contributed by atoms with E-state index in [4.69, 9.17) is 28.4 Å². The lowest BCUT2D eigenvalue weighted by Crippen LogP contribution is -2.39. The van der Waals surface area contributed by atoms with Crippen LogP contribution in [0, 0.1) is 11.8 Å². The van der Waals surface area contributed by atoms with Gasteiger partial charge in [-0.1, -0.05) is 45.1 Å². The van der Waals surface area contributed by atoms with E-state index in [0.717, 1.165) is 5.56 Å². The van der Waals surface area contributed by atoms with Gasteiger partial charge in [-0.25, -0.2) is 9.18 Å². The van der Waals surface area contributed by atoms with Crippen LogP contribution in [0.15, 0.2) is 54.4 Å². The molecule has 11 heteroatoms. The highest BCUT2D eigenvalue weighted by Gasteiger charge is 2.47. The third-order valence-corrected chi connectivity index (χ3v) is 8.54. The average Bonchev–Trinajstić information content (AvgIpc) is 3.30. The van der Waals surface area contributed by atoms with Crippen LogP contribution in [0.2, 0.25) is 0 Å².